The maximum absolute atomic E-state index is 13.7. The first-order valence-electron chi connectivity index (χ1n) is 15.0. The quantitative estimate of drug-likeness (QED) is 0.212. The Balaban J connectivity index is 1.27. The maximum atomic E-state index is 13.7. The van der Waals surface area contributed by atoms with Crippen LogP contribution in [0.15, 0.2) is 66.7 Å². The Labute approximate surface area is 269 Å². The highest BCUT2D eigenvalue weighted by molar-refractivity contribution is 7.90. The van der Waals surface area contributed by atoms with E-state index in [4.69, 9.17) is 21.1 Å². The molecule has 1 unspecified atom stereocenters. The Hall–Kier alpha value is -4.02. The van der Waals surface area contributed by atoms with E-state index in [0.717, 1.165) is 33.3 Å². The van der Waals surface area contributed by atoms with E-state index in [-0.39, 0.29) is 37.1 Å². The Morgan fingerprint density at radius 2 is 1.73 bits per heavy atom. The minimum absolute atomic E-state index is 0.142. The molecule has 1 aliphatic rings. The maximum Gasteiger partial charge on any atom is 0.410 e. The molecule has 238 valence electrons. The zero-order chi connectivity index (χ0) is 32.1. The van der Waals surface area contributed by atoms with E-state index in [1.807, 2.05) is 68.4 Å². The molecule has 4 aromatic rings. The third kappa shape index (κ3) is 7.80. The summed E-state index contributed by atoms with van der Waals surface area (Å²) < 4.78 is 42.3. The van der Waals surface area contributed by atoms with Gasteiger partial charge in [0.2, 0.25) is 10.0 Å². The van der Waals surface area contributed by atoms with Crippen LogP contribution >= 0.6 is 11.6 Å². The standard InChI is InChI=1S/C34H38ClN3O6S/c1-23-9-7-10-24(2)32(23)43-18-17-38-30-15-14-28(35)19-29(30)25(3)31(38)33(39)36-45(41,42)22-27-13-8-16-37(20-27)34(40)44-21-26-11-5-4-6-12-26/h4-7,9-12,14-15,19,27H,8,13,16-18,20-22H2,1-3H3,(H,36,39). The minimum Gasteiger partial charge on any atom is -0.491 e. The van der Waals surface area contributed by atoms with Crippen molar-refractivity contribution in [2.24, 2.45) is 5.92 Å². The molecule has 1 aromatic heterocycles. The molecule has 0 saturated carbocycles. The van der Waals surface area contributed by atoms with Gasteiger partial charge in [-0.1, -0.05) is 60.1 Å². The Morgan fingerprint density at radius 3 is 2.47 bits per heavy atom. The minimum atomic E-state index is -4.04. The third-order valence-electron chi connectivity index (χ3n) is 8.15. The zero-order valence-corrected chi connectivity index (χ0v) is 27.3. The van der Waals surface area contributed by atoms with Crippen LogP contribution in [0.4, 0.5) is 4.79 Å². The summed E-state index contributed by atoms with van der Waals surface area (Å²) in [5.74, 6) is -0.568. The lowest BCUT2D eigenvalue weighted by atomic mass is 10.0. The molecule has 0 radical (unpaired) electrons. The number of sulfonamides is 1. The van der Waals surface area contributed by atoms with E-state index in [1.165, 1.54) is 4.90 Å². The number of carbonyl (C=O) groups is 2. The SMILES string of the molecule is Cc1cccc(C)c1OCCn1c(C(=O)NS(=O)(=O)CC2CCCN(C(=O)OCc3ccccc3)C2)c(C)c2cc(Cl)ccc21. The number of likely N-dealkylation sites (tertiary alicyclic amines) is 1. The lowest BCUT2D eigenvalue weighted by Gasteiger charge is -2.31. The number of amides is 2. The average molecular weight is 652 g/mol. The molecule has 1 fully saturated rings. The van der Waals surface area contributed by atoms with Crippen molar-refractivity contribution in [3.8, 4) is 5.75 Å². The molecule has 2 heterocycles. The van der Waals surface area contributed by atoms with Gasteiger partial charge in [0.05, 0.1) is 12.3 Å². The van der Waals surface area contributed by atoms with Gasteiger partial charge in [0.1, 0.15) is 24.7 Å². The summed E-state index contributed by atoms with van der Waals surface area (Å²) in [4.78, 5) is 27.9. The van der Waals surface area contributed by atoms with Crippen LogP contribution in [0.25, 0.3) is 10.9 Å². The molecule has 5 rings (SSSR count). The number of hydrogen-bond acceptors (Lipinski definition) is 6. The molecular weight excluding hydrogens is 614 g/mol. The number of ether oxygens (including phenoxy) is 2. The van der Waals surface area contributed by atoms with Gasteiger partial charge >= 0.3 is 6.09 Å². The van der Waals surface area contributed by atoms with Crippen LogP contribution in [-0.4, -0.2) is 55.3 Å². The van der Waals surface area contributed by atoms with E-state index in [0.29, 0.717) is 36.5 Å². The number of halogens is 1. The van der Waals surface area contributed by atoms with Crippen molar-refractivity contribution in [3.63, 3.8) is 0 Å². The van der Waals surface area contributed by atoms with Crippen molar-refractivity contribution in [3.05, 3.63) is 99.7 Å². The van der Waals surface area contributed by atoms with Crippen LogP contribution in [0.3, 0.4) is 0 Å². The molecule has 0 bridgehead atoms. The van der Waals surface area contributed by atoms with Crippen molar-refractivity contribution in [2.45, 2.75) is 46.8 Å². The highest BCUT2D eigenvalue weighted by atomic mass is 35.5. The van der Waals surface area contributed by atoms with Crippen LogP contribution in [0.5, 0.6) is 5.75 Å². The highest BCUT2D eigenvalue weighted by Crippen LogP contribution is 2.29. The predicted octanol–water partition coefficient (Wildman–Crippen LogP) is 6.41. The lowest BCUT2D eigenvalue weighted by molar-refractivity contribution is 0.0811. The second-order valence-corrected chi connectivity index (χ2v) is 13.8. The lowest BCUT2D eigenvalue weighted by Crippen LogP contribution is -2.44. The third-order valence-corrected chi connectivity index (χ3v) is 9.79. The summed E-state index contributed by atoms with van der Waals surface area (Å²) in [6.45, 7) is 7.17. The molecule has 9 nitrogen and oxygen atoms in total. The molecule has 1 saturated heterocycles. The number of para-hydroxylation sites is 1. The molecule has 45 heavy (non-hydrogen) atoms. The van der Waals surface area contributed by atoms with E-state index < -0.39 is 22.0 Å². The van der Waals surface area contributed by atoms with E-state index >= 15 is 0 Å². The normalized spacial score (nSPS) is 15.2. The van der Waals surface area contributed by atoms with Gasteiger partial charge in [-0.15, -0.1) is 0 Å². The smallest absolute Gasteiger partial charge is 0.410 e. The summed E-state index contributed by atoms with van der Waals surface area (Å²) in [7, 11) is -4.04. The Kier molecular flexibility index (Phi) is 10.0. The van der Waals surface area contributed by atoms with Gasteiger partial charge in [-0.05, 0) is 80.0 Å². The molecule has 2 amide bonds. The monoisotopic (exact) mass is 651 g/mol. The second kappa shape index (κ2) is 14.0. The van der Waals surface area contributed by atoms with Crippen LogP contribution in [0.1, 0.15) is 45.6 Å². The number of carbonyl (C=O) groups excluding carboxylic acids is 2. The molecule has 0 aliphatic carbocycles. The molecule has 1 N–H and O–H groups in total. The van der Waals surface area contributed by atoms with Crippen molar-refractivity contribution < 1.29 is 27.5 Å². The number of hydrogen-bond donors (Lipinski definition) is 1. The number of benzene rings is 3. The fourth-order valence-electron chi connectivity index (χ4n) is 6.00. The van der Waals surface area contributed by atoms with Gasteiger partial charge in [-0.2, -0.15) is 0 Å². The van der Waals surface area contributed by atoms with Gasteiger partial charge < -0.3 is 18.9 Å². The first-order valence-corrected chi connectivity index (χ1v) is 17.0. The summed E-state index contributed by atoms with van der Waals surface area (Å²) in [6.07, 6.45) is 0.778. The summed E-state index contributed by atoms with van der Waals surface area (Å²) >= 11 is 6.28. The highest BCUT2D eigenvalue weighted by Gasteiger charge is 2.31. The molecular formula is C34H38ClN3O6S. The fourth-order valence-corrected chi connectivity index (χ4v) is 7.53. The number of fused-ring (bicyclic) bond motifs is 1. The van der Waals surface area contributed by atoms with E-state index in [9.17, 15) is 18.0 Å². The largest absolute Gasteiger partial charge is 0.491 e. The van der Waals surface area contributed by atoms with Gasteiger partial charge in [-0.25, -0.2) is 17.9 Å². The number of nitrogens with zero attached hydrogens (tertiary/aromatic N) is 2. The topological polar surface area (TPSA) is 107 Å². The Bertz CT molecular complexity index is 1790. The van der Waals surface area contributed by atoms with Crippen molar-refractivity contribution in [1.29, 1.82) is 0 Å². The second-order valence-electron chi connectivity index (χ2n) is 11.6. The summed E-state index contributed by atoms with van der Waals surface area (Å²) in [5, 5.41) is 1.27. The van der Waals surface area contributed by atoms with E-state index in [1.54, 1.807) is 23.6 Å². The molecule has 1 aliphatic heterocycles. The first kappa shape index (κ1) is 32.4. The van der Waals surface area contributed by atoms with Crippen LogP contribution in [0.2, 0.25) is 5.02 Å². The van der Waals surface area contributed by atoms with Crippen molar-refractivity contribution in [2.75, 3.05) is 25.4 Å². The molecule has 3 aromatic carbocycles. The van der Waals surface area contributed by atoms with E-state index in [2.05, 4.69) is 4.72 Å². The van der Waals surface area contributed by atoms with Gasteiger partial charge in [0, 0.05) is 29.0 Å². The molecule has 0 spiro atoms. The van der Waals surface area contributed by atoms with Gasteiger partial charge in [0.15, 0.2) is 0 Å². The number of aromatic nitrogens is 1. The molecule has 1 atom stereocenters. The average Bonchev–Trinajstić information content (AvgIpc) is 3.28. The number of nitrogens with one attached hydrogen (secondary N) is 1. The number of piperidine rings is 1. The number of rotatable bonds is 10. The summed E-state index contributed by atoms with van der Waals surface area (Å²) in [6, 6.07) is 20.6. The predicted molar refractivity (Wildman–Crippen MR) is 175 cm³/mol. The first-order chi connectivity index (χ1) is 21.5. The number of aryl methyl sites for hydroxylation is 3. The van der Waals surface area contributed by atoms with Crippen molar-refractivity contribution >= 4 is 44.5 Å². The van der Waals surface area contributed by atoms with Crippen LogP contribution in [0, 0.1) is 26.7 Å². The van der Waals surface area contributed by atoms with Crippen LogP contribution in [-0.2, 0) is 27.9 Å². The van der Waals surface area contributed by atoms with Gasteiger partial charge in [0.25, 0.3) is 5.91 Å². The fraction of sp³-hybridized carbons (Fsp3) is 0.353. The zero-order valence-electron chi connectivity index (χ0n) is 25.7. The van der Waals surface area contributed by atoms with Crippen molar-refractivity contribution in [1.82, 2.24) is 14.2 Å². The Morgan fingerprint density at radius 1 is 1.00 bits per heavy atom. The summed E-state index contributed by atoms with van der Waals surface area (Å²) in [5.41, 5.74) is 4.49. The van der Waals surface area contributed by atoms with Gasteiger partial charge in [-0.3, -0.25) is 4.79 Å². The van der Waals surface area contributed by atoms with Crippen LogP contribution < -0.4 is 9.46 Å². The molecule has 11 heteroatoms.